The van der Waals surface area contributed by atoms with Crippen LogP contribution in [0.2, 0.25) is 0 Å². The molecule has 2 heteroatoms. The minimum atomic E-state index is 0.685. The van der Waals surface area contributed by atoms with Gasteiger partial charge < -0.3 is 0 Å². The number of allylic oxidation sites excluding steroid dienone is 2. The van der Waals surface area contributed by atoms with Gasteiger partial charge in [-0.15, -0.1) is 0 Å². The van der Waals surface area contributed by atoms with Crippen LogP contribution in [-0.4, -0.2) is 10.7 Å². The summed E-state index contributed by atoms with van der Waals surface area (Å²) < 4.78 is 1.30. The van der Waals surface area contributed by atoms with Crippen molar-refractivity contribution in [3.05, 3.63) is 24.8 Å². The average molecular weight is 161 g/mol. The van der Waals surface area contributed by atoms with Crippen molar-refractivity contribution in [1.29, 1.82) is 0 Å². The van der Waals surface area contributed by atoms with E-state index in [1.165, 1.54) is 4.11 Å². The van der Waals surface area contributed by atoms with E-state index in [9.17, 15) is 0 Å². The Balaban J connectivity index is 3.52. The van der Waals surface area contributed by atoms with E-state index in [1.807, 2.05) is 12.2 Å². The van der Waals surface area contributed by atoms with E-state index >= 15 is 0 Å². The van der Waals surface area contributed by atoms with Crippen LogP contribution in [0.5, 0.6) is 0 Å². The Morgan fingerprint density at radius 3 is 2.75 bits per heavy atom. The van der Waals surface area contributed by atoms with Crippen LogP contribution >= 0.6 is 0 Å². The molecule has 0 spiro atoms. The fourth-order valence-electron chi connectivity index (χ4n) is 0.272. The molecule has 0 rings (SSSR count). The molecule has 0 aliphatic rings. The summed E-state index contributed by atoms with van der Waals surface area (Å²) in [5, 5.41) is 0. The van der Waals surface area contributed by atoms with Crippen molar-refractivity contribution >= 4 is 4.11 Å². The molecule has 0 heterocycles. The van der Waals surface area contributed by atoms with Gasteiger partial charge in [0, 0.05) is 0 Å². The molecule has 0 aliphatic heterocycles. The summed E-state index contributed by atoms with van der Waals surface area (Å²) >= 11 is 1.15. The summed E-state index contributed by atoms with van der Waals surface area (Å²) in [5.74, 6) is 0. The molecule has 0 atom stereocenters. The van der Waals surface area contributed by atoms with Gasteiger partial charge in [0.15, 0.2) is 0 Å². The SMILES string of the molecule is C=C/C=C\[C](=[Zn])CN. The standard InChI is InChI=1S/C6H9N.Zn/c1-2-3-4-5-6-7;/h2-4H,1,6-7H2;/b4-3-;. The van der Waals surface area contributed by atoms with Crippen molar-refractivity contribution in [3.63, 3.8) is 0 Å². The molecule has 0 aromatic heterocycles. The van der Waals surface area contributed by atoms with Crippen molar-refractivity contribution < 1.29 is 17.9 Å². The van der Waals surface area contributed by atoms with Gasteiger partial charge in [-0.05, 0) is 0 Å². The Morgan fingerprint density at radius 1 is 1.75 bits per heavy atom. The monoisotopic (exact) mass is 159 g/mol. The molecule has 0 aliphatic carbocycles. The van der Waals surface area contributed by atoms with Gasteiger partial charge in [-0.2, -0.15) is 0 Å². The zero-order chi connectivity index (χ0) is 6.41. The first kappa shape index (κ1) is 7.93. The third kappa shape index (κ3) is 4.10. The molecule has 0 saturated carbocycles. The van der Waals surface area contributed by atoms with Gasteiger partial charge in [0.1, 0.15) is 0 Å². The molecule has 0 aromatic carbocycles. The molecule has 0 saturated heterocycles. The van der Waals surface area contributed by atoms with Crippen molar-refractivity contribution in [2.24, 2.45) is 5.73 Å². The fraction of sp³-hybridized carbons (Fsp3) is 0.167. The predicted molar refractivity (Wildman–Crippen MR) is 33.4 cm³/mol. The molecule has 0 radical (unpaired) electrons. The van der Waals surface area contributed by atoms with Gasteiger partial charge in [-0.25, -0.2) is 0 Å². The Kier molecular flexibility index (Phi) is 5.04. The molecule has 0 aromatic rings. The Hall–Kier alpha value is -0.0666. The van der Waals surface area contributed by atoms with Gasteiger partial charge in [0.2, 0.25) is 0 Å². The number of hydrogen-bond acceptors (Lipinski definition) is 1. The second kappa shape index (κ2) is 5.08. The van der Waals surface area contributed by atoms with Gasteiger partial charge in [0.05, 0.1) is 0 Å². The number of nitrogens with two attached hydrogens (primary N) is 1. The van der Waals surface area contributed by atoms with Gasteiger partial charge >= 0.3 is 59.0 Å². The zero-order valence-electron chi connectivity index (χ0n) is 4.93. The summed E-state index contributed by atoms with van der Waals surface area (Å²) in [6, 6.07) is 0. The van der Waals surface area contributed by atoms with Gasteiger partial charge in [-0.1, -0.05) is 0 Å². The summed E-state index contributed by atoms with van der Waals surface area (Å²) in [6.07, 6.45) is 5.67. The molecular weight excluding hydrogens is 151 g/mol. The first-order chi connectivity index (χ1) is 3.81. The minimum absolute atomic E-state index is 0.685. The van der Waals surface area contributed by atoms with E-state index in [0.717, 1.165) is 17.9 Å². The third-order valence-electron chi connectivity index (χ3n) is 0.730. The summed E-state index contributed by atoms with van der Waals surface area (Å²) in [7, 11) is 0. The predicted octanol–water partition coefficient (Wildman–Crippen LogP) is 0.407. The molecule has 0 bridgehead atoms. The second-order valence-electron chi connectivity index (χ2n) is 1.46. The molecule has 1 nitrogen and oxygen atoms in total. The van der Waals surface area contributed by atoms with Crippen LogP contribution in [0.15, 0.2) is 24.8 Å². The van der Waals surface area contributed by atoms with E-state index in [-0.39, 0.29) is 0 Å². The van der Waals surface area contributed by atoms with E-state index in [4.69, 9.17) is 5.73 Å². The van der Waals surface area contributed by atoms with Crippen LogP contribution in [0.4, 0.5) is 0 Å². The quantitative estimate of drug-likeness (QED) is 0.470. The van der Waals surface area contributed by atoms with Crippen molar-refractivity contribution in [2.45, 2.75) is 0 Å². The summed E-state index contributed by atoms with van der Waals surface area (Å²) in [4.78, 5) is 0. The first-order valence-electron chi connectivity index (χ1n) is 2.48. The molecule has 0 amide bonds. The average Bonchev–Trinajstić information content (AvgIpc) is 1.83. The van der Waals surface area contributed by atoms with Gasteiger partial charge in [-0.3, -0.25) is 0 Å². The maximum absolute atomic E-state index is 5.32. The normalized spacial score (nSPS) is 9.88. The molecule has 2 N–H and O–H groups in total. The summed E-state index contributed by atoms with van der Waals surface area (Å²) in [6.45, 7) is 4.22. The second-order valence-corrected chi connectivity index (χ2v) is 3.36. The van der Waals surface area contributed by atoms with Crippen LogP contribution < -0.4 is 5.73 Å². The molecule has 0 fully saturated rings. The van der Waals surface area contributed by atoms with Gasteiger partial charge in [0.25, 0.3) is 0 Å². The van der Waals surface area contributed by atoms with Crippen LogP contribution in [-0.2, 0) is 17.9 Å². The molecular formula is C6H9NZn. The molecule has 40 valence electrons. The fourth-order valence-corrected chi connectivity index (χ4v) is 0.558. The van der Waals surface area contributed by atoms with Crippen LogP contribution in [0.25, 0.3) is 0 Å². The molecule has 8 heavy (non-hydrogen) atoms. The Bertz CT molecular complexity index is 116. The van der Waals surface area contributed by atoms with E-state index < -0.39 is 0 Å². The van der Waals surface area contributed by atoms with Crippen LogP contribution in [0.3, 0.4) is 0 Å². The first-order valence-corrected chi connectivity index (χ1v) is 3.96. The van der Waals surface area contributed by atoms with E-state index in [1.54, 1.807) is 6.08 Å². The zero-order valence-corrected chi connectivity index (χ0v) is 7.90. The van der Waals surface area contributed by atoms with Crippen molar-refractivity contribution in [3.8, 4) is 0 Å². The molecule has 0 unspecified atom stereocenters. The number of hydrogen-bond donors (Lipinski definition) is 1. The van der Waals surface area contributed by atoms with E-state index in [2.05, 4.69) is 6.58 Å². The summed E-state index contributed by atoms with van der Waals surface area (Å²) in [5.41, 5.74) is 5.32. The van der Waals surface area contributed by atoms with E-state index in [0.29, 0.717) is 6.54 Å². The van der Waals surface area contributed by atoms with Crippen LogP contribution in [0, 0.1) is 0 Å². The van der Waals surface area contributed by atoms with Crippen molar-refractivity contribution in [2.75, 3.05) is 6.54 Å². The van der Waals surface area contributed by atoms with Crippen LogP contribution in [0.1, 0.15) is 0 Å². The topological polar surface area (TPSA) is 26.0 Å². The Labute approximate surface area is 59.5 Å². The Morgan fingerprint density at radius 2 is 2.38 bits per heavy atom. The number of rotatable bonds is 3. The third-order valence-corrected chi connectivity index (χ3v) is 1.83. The van der Waals surface area contributed by atoms with Crippen molar-refractivity contribution in [1.82, 2.24) is 0 Å². The maximum atomic E-state index is 5.32.